The molecule has 98 valence electrons. The van der Waals surface area contributed by atoms with Crippen LogP contribution in [0.4, 0.5) is 5.69 Å². The molecule has 6 heteroatoms. The van der Waals surface area contributed by atoms with Crippen LogP contribution in [0, 0.1) is 0 Å². The van der Waals surface area contributed by atoms with Crippen molar-refractivity contribution in [3.05, 3.63) is 52.1 Å². The number of nitrogens with two attached hydrogens (primary N) is 1. The van der Waals surface area contributed by atoms with Crippen molar-refractivity contribution in [2.24, 2.45) is 0 Å². The fraction of sp³-hybridized carbons (Fsp3) is 0.0769. The summed E-state index contributed by atoms with van der Waals surface area (Å²) in [6.45, 7) is 0.252. The molecular formula is C13H11BrN2O3. The van der Waals surface area contributed by atoms with Gasteiger partial charge in [0.1, 0.15) is 6.61 Å². The topological polar surface area (TPSA) is 85.4 Å². The molecule has 1 aromatic carbocycles. The third kappa shape index (κ3) is 3.23. The number of ether oxygens (including phenoxy) is 1. The van der Waals surface area contributed by atoms with Gasteiger partial charge in [-0.3, -0.25) is 0 Å². The number of carboxylic acid groups (broad SMARTS) is 1. The molecule has 3 N–H and O–H groups in total. The maximum atomic E-state index is 10.8. The van der Waals surface area contributed by atoms with Crippen LogP contribution in [-0.2, 0) is 6.61 Å². The maximum absolute atomic E-state index is 10.8. The predicted molar refractivity (Wildman–Crippen MR) is 74.1 cm³/mol. The number of nitrogen functional groups attached to an aromatic ring is 1. The van der Waals surface area contributed by atoms with Gasteiger partial charge >= 0.3 is 5.97 Å². The summed E-state index contributed by atoms with van der Waals surface area (Å²) < 4.78 is 6.37. The number of hydrogen-bond acceptors (Lipinski definition) is 4. The third-order valence-corrected chi connectivity index (χ3v) is 3.20. The summed E-state index contributed by atoms with van der Waals surface area (Å²) in [7, 11) is 0. The maximum Gasteiger partial charge on any atom is 0.354 e. The van der Waals surface area contributed by atoms with Crippen molar-refractivity contribution >= 4 is 27.6 Å². The summed E-state index contributed by atoms with van der Waals surface area (Å²) in [5.74, 6) is -0.999. The second kappa shape index (κ2) is 5.71. The second-order valence-corrected chi connectivity index (χ2v) is 4.63. The van der Waals surface area contributed by atoms with Crippen LogP contribution in [0.2, 0.25) is 0 Å². The van der Waals surface area contributed by atoms with E-state index in [2.05, 4.69) is 20.9 Å². The lowest BCUT2D eigenvalue weighted by molar-refractivity contribution is 0.0689. The summed E-state index contributed by atoms with van der Waals surface area (Å²) >= 11 is 3.40. The smallest absolute Gasteiger partial charge is 0.354 e. The van der Waals surface area contributed by atoms with Crippen molar-refractivity contribution < 1.29 is 14.6 Å². The third-order valence-electron chi connectivity index (χ3n) is 2.43. The zero-order valence-electron chi connectivity index (χ0n) is 9.84. The second-order valence-electron chi connectivity index (χ2n) is 3.78. The Morgan fingerprint density at radius 3 is 2.74 bits per heavy atom. The van der Waals surface area contributed by atoms with E-state index in [4.69, 9.17) is 15.6 Å². The Labute approximate surface area is 118 Å². The summed E-state index contributed by atoms with van der Waals surface area (Å²) in [6.07, 6.45) is 0. The normalized spacial score (nSPS) is 10.2. The Kier molecular flexibility index (Phi) is 4.01. The number of rotatable bonds is 4. The molecule has 19 heavy (non-hydrogen) atoms. The van der Waals surface area contributed by atoms with Crippen LogP contribution in [0.25, 0.3) is 0 Å². The number of carbonyl (C=O) groups is 1. The first-order valence-electron chi connectivity index (χ1n) is 5.44. The molecule has 5 nitrogen and oxygen atoms in total. The molecular weight excluding hydrogens is 312 g/mol. The van der Waals surface area contributed by atoms with Crippen LogP contribution in [0.15, 0.2) is 40.9 Å². The van der Waals surface area contributed by atoms with E-state index in [1.807, 2.05) is 24.3 Å². The fourth-order valence-electron chi connectivity index (χ4n) is 1.45. The molecule has 1 heterocycles. The minimum absolute atomic E-state index is 0.101. The van der Waals surface area contributed by atoms with Crippen LogP contribution < -0.4 is 10.5 Å². The molecule has 0 aliphatic rings. The summed E-state index contributed by atoms with van der Waals surface area (Å²) in [4.78, 5) is 14.7. The highest BCUT2D eigenvalue weighted by Crippen LogP contribution is 2.22. The van der Waals surface area contributed by atoms with Gasteiger partial charge in [-0.25, -0.2) is 9.78 Å². The number of nitrogens with zero attached hydrogens (tertiary/aromatic N) is 1. The van der Waals surface area contributed by atoms with Crippen molar-refractivity contribution in [2.45, 2.75) is 6.61 Å². The van der Waals surface area contributed by atoms with E-state index in [0.717, 1.165) is 10.0 Å². The highest BCUT2D eigenvalue weighted by Gasteiger charge is 2.10. The van der Waals surface area contributed by atoms with Crippen LogP contribution in [0.1, 0.15) is 16.1 Å². The van der Waals surface area contributed by atoms with Crippen molar-refractivity contribution in [2.75, 3.05) is 5.73 Å². The van der Waals surface area contributed by atoms with Crippen molar-refractivity contribution in [1.29, 1.82) is 0 Å². The molecule has 2 aromatic rings. The van der Waals surface area contributed by atoms with Crippen molar-refractivity contribution in [3.63, 3.8) is 0 Å². The van der Waals surface area contributed by atoms with Crippen molar-refractivity contribution in [1.82, 2.24) is 4.98 Å². The summed E-state index contributed by atoms with van der Waals surface area (Å²) in [5.41, 5.74) is 6.82. The quantitative estimate of drug-likeness (QED) is 0.903. The van der Waals surface area contributed by atoms with Crippen LogP contribution in [0.5, 0.6) is 5.88 Å². The minimum Gasteiger partial charge on any atom is -0.477 e. The van der Waals surface area contributed by atoms with Gasteiger partial charge < -0.3 is 15.6 Å². The van der Waals surface area contributed by atoms with Gasteiger partial charge in [0, 0.05) is 10.0 Å². The van der Waals surface area contributed by atoms with E-state index in [9.17, 15) is 4.79 Å². The molecule has 0 saturated heterocycles. The van der Waals surface area contributed by atoms with E-state index in [1.54, 1.807) is 0 Å². The molecule has 0 unspecified atom stereocenters. The molecule has 0 bridgehead atoms. The monoisotopic (exact) mass is 322 g/mol. The number of benzene rings is 1. The largest absolute Gasteiger partial charge is 0.477 e. The molecule has 0 saturated carbocycles. The molecule has 0 aliphatic heterocycles. The van der Waals surface area contributed by atoms with E-state index < -0.39 is 5.97 Å². The number of hydrogen-bond donors (Lipinski definition) is 2. The average Bonchev–Trinajstić information content (AvgIpc) is 2.39. The highest BCUT2D eigenvalue weighted by molar-refractivity contribution is 9.10. The molecule has 1 aromatic heterocycles. The fourth-order valence-corrected chi connectivity index (χ4v) is 1.85. The first-order chi connectivity index (χ1) is 9.08. The number of pyridine rings is 1. The standard InChI is InChI=1S/C13H11BrN2O3/c14-9-4-2-1-3-8(9)7-19-12-10(15)5-6-11(16-12)13(17)18/h1-6H,7,15H2,(H,17,18). The highest BCUT2D eigenvalue weighted by atomic mass is 79.9. The molecule has 0 fully saturated rings. The van der Waals surface area contributed by atoms with Gasteiger partial charge in [0.2, 0.25) is 5.88 Å². The Bertz CT molecular complexity index is 617. The number of carboxylic acids is 1. The van der Waals surface area contributed by atoms with E-state index in [0.29, 0.717) is 5.69 Å². The lowest BCUT2D eigenvalue weighted by Gasteiger charge is -2.09. The summed E-state index contributed by atoms with van der Waals surface area (Å²) in [6, 6.07) is 10.4. The number of aromatic carboxylic acids is 1. The number of aromatic nitrogens is 1. The zero-order chi connectivity index (χ0) is 13.8. The van der Waals surface area contributed by atoms with Crippen LogP contribution >= 0.6 is 15.9 Å². The van der Waals surface area contributed by atoms with E-state index in [-0.39, 0.29) is 18.2 Å². The number of anilines is 1. The van der Waals surface area contributed by atoms with Gasteiger partial charge in [-0.05, 0) is 18.2 Å². The molecule has 0 aliphatic carbocycles. The molecule has 0 atom stereocenters. The Morgan fingerprint density at radius 1 is 1.32 bits per heavy atom. The Balaban J connectivity index is 2.17. The minimum atomic E-state index is -1.12. The first-order valence-corrected chi connectivity index (χ1v) is 6.23. The molecule has 0 amide bonds. The van der Waals surface area contributed by atoms with Crippen LogP contribution in [0.3, 0.4) is 0 Å². The SMILES string of the molecule is Nc1ccc(C(=O)O)nc1OCc1ccccc1Br. The molecule has 0 spiro atoms. The van der Waals surface area contributed by atoms with Gasteiger partial charge in [-0.2, -0.15) is 0 Å². The Morgan fingerprint density at radius 2 is 2.05 bits per heavy atom. The van der Waals surface area contributed by atoms with Gasteiger partial charge in [0.05, 0.1) is 5.69 Å². The average molecular weight is 323 g/mol. The molecule has 0 radical (unpaired) electrons. The van der Waals surface area contributed by atoms with Gasteiger partial charge in [0.15, 0.2) is 5.69 Å². The predicted octanol–water partition coefficient (Wildman–Crippen LogP) is 2.70. The number of halogens is 1. The Hall–Kier alpha value is -2.08. The zero-order valence-corrected chi connectivity index (χ0v) is 11.4. The van der Waals surface area contributed by atoms with Crippen LogP contribution in [-0.4, -0.2) is 16.1 Å². The van der Waals surface area contributed by atoms with Gasteiger partial charge in [-0.1, -0.05) is 34.1 Å². The first kappa shape index (κ1) is 13.4. The lowest BCUT2D eigenvalue weighted by atomic mass is 10.2. The summed E-state index contributed by atoms with van der Waals surface area (Å²) in [5, 5.41) is 8.86. The lowest BCUT2D eigenvalue weighted by Crippen LogP contribution is -2.06. The van der Waals surface area contributed by atoms with Gasteiger partial charge in [-0.15, -0.1) is 0 Å². The van der Waals surface area contributed by atoms with E-state index >= 15 is 0 Å². The van der Waals surface area contributed by atoms with Gasteiger partial charge in [0.25, 0.3) is 0 Å². The molecule has 2 rings (SSSR count). The van der Waals surface area contributed by atoms with Crippen molar-refractivity contribution in [3.8, 4) is 5.88 Å². The van der Waals surface area contributed by atoms with E-state index in [1.165, 1.54) is 12.1 Å².